The molecule has 0 aromatic carbocycles. The molecule has 0 aliphatic carbocycles. The summed E-state index contributed by atoms with van der Waals surface area (Å²) in [6.45, 7) is 1.86. The van der Waals surface area contributed by atoms with Crippen LogP contribution in [0.5, 0.6) is 0 Å². The lowest BCUT2D eigenvalue weighted by Gasteiger charge is -2.22. The zero-order valence-electron chi connectivity index (χ0n) is 9.21. The number of anilines is 1. The van der Waals surface area contributed by atoms with Crippen molar-refractivity contribution < 1.29 is 4.39 Å². The van der Waals surface area contributed by atoms with Gasteiger partial charge in [0, 0.05) is 30.3 Å². The van der Waals surface area contributed by atoms with E-state index in [1.807, 2.05) is 11.9 Å². The summed E-state index contributed by atoms with van der Waals surface area (Å²) in [5.74, 6) is 0.131. The van der Waals surface area contributed by atoms with Crippen molar-refractivity contribution in [2.75, 3.05) is 25.0 Å². The summed E-state index contributed by atoms with van der Waals surface area (Å²) in [5.41, 5.74) is 0. The Kier molecular flexibility index (Phi) is 3.76. The van der Waals surface area contributed by atoms with Gasteiger partial charge in [0.1, 0.15) is 0 Å². The molecular weight excluding hydrogens is 273 g/mol. The zero-order chi connectivity index (χ0) is 11.5. The van der Waals surface area contributed by atoms with Crippen molar-refractivity contribution in [2.24, 2.45) is 0 Å². The number of hydrogen-bond acceptors (Lipinski definition) is 3. The van der Waals surface area contributed by atoms with Crippen molar-refractivity contribution in [2.45, 2.75) is 18.9 Å². The summed E-state index contributed by atoms with van der Waals surface area (Å²) in [7, 11) is 1.87. The van der Waals surface area contributed by atoms with Gasteiger partial charge in [-0.05, 0) is 41.4 Å². The van der Waals surface area contributed by atoms with Crippen LogP contribution in [0.15, 0.2) is 16.7 Å². The van der Waals surface area contributed by atoms with Crippen LogP contribution in [0.3, 0.4) is 0 Å². The molecule has 0 amide bonds. The number of nitrogens with zero attached hydrogens (tertiary/aromatic N) is 2. The number of likely N-dealkylation sites (N-methyl/N-ethyl adjacent to an activating group) is 1. The molecule has 0 spiro atoms. The third-order valence-electron chi connectivity index (χ3n) is 2.81. The molecule has 0 saturated carbocycles. The molecule has 2 rings (SSSR count). The highest BCUT2D eigenvalue weighted by atomic mass is 79.9. The highest BCUT2D eigenvalue weighted by molar-refractivity contribution is 9.10. The molecule has 1 aromatic rings. The Morgan fingerprint density at radius 2 is 2.50 bits per heavy atom. The summed E-state index contributed by atoms with van der Waals surface area (Å²) in [4.78, 5) is 5.96. The second-order valence-corrected chi connectivity index (χ2v) is 5.05. The molecule has 1 fully saturated rings. The van der Waals surface area contributed by atoms with E-state index in [1.54, 1.807) is 6.20 Å². The fraction of sp³-hybridized carbons (Fsp3) is 0.545. The first-order chi connectivity index (χ1) is 7.66. The minimum absolute atomic E-state index is 0.283. The number of pyridine rings is 1. The Morgan fingerprint density at radius 1 is 1.69 bits per heavy atom. The number of nitrogens with one attached hydrogen (secondary N) is 1. The quantitative estimate of drug-likeness (QED) is 0.924. The molecule has 1 aliphatic rings. The maximum atomic E-state index is 13.6. The Morgan fingerprint density at radius 3 is 3.12 bits per heavy atom. The van der Waals surface area contributed by atoms with E-state index in [4.69, 9.17) is 0 Å². The fourth-order valence-corrected chi connectivity index (χ4v) is 2.32. The predicted octanol–water partition coefficient (Wildman–Crippen LogP) is 2.17. The van der Waals surface area contributed by atoms with Crippen molar-refractivity contribution in [3.63, 3.8) is 0 Å². The lowest BCUT2D eigenvalue weighted by Crippen LogP contribution is -2.36. The first-order valence-electron chi connectivity index (χ1n) is 5.42. The van der Waals surface area contributed by atoms with E-state index in [0.29, 0.717) is 16.3 Å². The van der Waals surface area contributed by atoms with Crippen LogP contribution in [-0.4, -0.2) is 31.2 Å². The van der Waals surface area contributed by atoms with Gasteiger partial charge in [-0.25, -0.2) is 9.37 Å². The van der Waals surface area contributed by atoms with E-state index in [2.05, 4.69) is 26.2 Å². The van der Waals surface area contributed by atoms with Crippen molar-refractivity contribution in [1.82, 2.24) is 10.3 Å². The lowest BCUT2D eigenvalue weighted by atomic mass is 10.2. The van der Waals surface area contributed by atoms with Gasteiger partial charge in [-0.15, -0.1) is 0 Å². The first-order valence-corrected chi connectivity index (χ1v) is 6.21. The monoisotopic (exact) mass is 287 g/mol. The van der Waals surface area contributed by atoms with Crippen LogP contribution < -0.4 is 10.2 Å². The SMILES string of the molecule is CN(CC1CCCN1)c1ncc(Br)cc1F. The molecule has 0 bridgehead atoms. The third kappa shape index (κ3) is 2.71. The molecule has 2 heterocycles. The molecule has 5 heteroatoms. The van der Waals surface area contributed by atoms with E-state index < -0.39 is 0 Å². The van der Waals surface area contributed by atoms with Crippen LogP contribution >= 0.6 is 15.9 Å². The highest BCUT2D eigenvalue weighted by Gasteiger charge is 2.18. The van der Waals surface area contributed by atoms with E-state index in [1.165, 1.54) is 12.5 Å². The molecule has 1 atom stereocenters. The van der Waals surface area contributed by atoms with Gasteiger partial charge in [0.2, 0.25) is 0 Å². The van der Waals surface area contributed by atoms with Gasteiger partial charge in [0.25, 0.3) is 0 Å². The average molecular weight is 288 g/mol. The van der Waals surface area contributed by atoms with Crippen LogP contribution in [-0.2, 0) is 0 Å². The van der Waals surface area contributed by atoms with Gasteiger partial charge < -0.3 is 10.2 Å². The van der Waals surface area contributed by atoms with Crippen LogP contribution in [0.25, 0.3) is 0 Å². The summed E-state index contributed by atoms with van der Waals surface area (Å²) < 4.78 is 14.3. The maximum absolute atomic E-state index is 13.6. The molecule has 1 aliphatic heterocycles. The van der Waals surface area contributed by atoms with Crippen LogP contribution in [0.2, 0.25) is 0 Å². The minimum atomic E-state index is -0.283. The minimum Gasteiger partial charge on any atom is -0.356 e. The van der Waals surface area contributed by atoms with Crippen molar-refractivity contribution in [3.05, 3.63) is 22.6 Å². The molecule has 88 valence electrons. The molecule has 3 nitrogen and oxygen atoms in total. The summed E-state index contributed by atoms with van der Waals surface area (Å²) >= 11 is 3.20. The largest absolute Gasteiger partial charge is 0.356 e. The molecule has 1 aromatic heterocycles. The van der Waals surface area contributed by atoms with Crippen molar-refractivity contribution in [1.29, 1.82) is 0 Å². The number of aromatic nitrogens is 1. The van der Waals surface area contributed by atoms with Gasteiger partial charge >= 0.3 is 0 Å². The second kappa shape index (κ2) is 5.10. The van der Waals surface area contributed by atoms with E-state index >= 15 is 0 Å². The Hall–Kier alpha value is -0.680. The third-order valence-corrected chi connectivity index (χ3v) is 3.24. The Balaban J connectivity index is 2.04. The van der Waals surface area contributed by atoms with Gasteiger partial charge in [0.15, 0.2) is 11.6 Å². The van der Waals surface area contributed by atoms with Crippen molar-refractivity contribution >= 4 is 21.7 Å². The lowest BCUT2D eigenvalue weighted by molar-refractivity contribution is 0.576. The number of halogens is 2. The smallest absolute Gasteiger partial charge is 0.166 e. The molecule has 0 radical (unpaired) electrons. The maximum Gasteiger partial charge on any atom is 0.166 e. The van der Waals surface area contributed by atoms with Crippen LogP contribution in [0.1, 0.15) is 12.8 Å². The van der Waals surface area contributed by atoms with Gasteiger partial charge in [-0.1, -0.05) is 0 Å². The Bertz CT molecular complexity index is 366. The standard InChI is InChI=1S/C11H15BrFN3/c1-16(7-9-3-2-4-14-9)11-10(13)5-8(12)6-15-11/h5-6,9,14H,2-4,7H2,1H3. The number of hydrogen-bond donors (Lipinski definition) is 1. The predicted molar refractivity (Wildman–Crippen MR) is 66.2 cm³/mol. The summed E-state index contributed by atoms with van der Waals surface area (Å²) in [6, 6.07) is 1.90. The zero-order valence-corrected chi connectivity index (χ0v) is 10.8. The highest BCUT2D eigenvalue weighted by Crippen LogP contribution is 2.19. The Labute approximate surface area is 103 Å². The van der Waals surface area contributed by atoms with E-state index in [0.717, 1.165) is 19.5 Å². The fourth-order valence-electron chi connectivity index (χ4n) is 2.02. The normalized spacial score (nSPS) is 20.1. The van der Waals surface area contributed by atoms with Crippen LogP contribution in [0, 0.1) is 5.82 Å². The van der Waals surface area contributed by atoms with E-state index in [-0.39, 0.29) is 5.82 Å². The summed E-state index contributed by atoms with van der Waals surface area (Å²) in [5, 5.41) is 3.39. The molecule has 1 unspecified atom stereocenters. The van der Waals surface area contributed by atoms with E-state index in [9.17, 15) is 4.39 Å². The second-order valence-electron chi connectivity index (χ2n) is 4.13. The molecule has 16 heavy (non-hydrogen) atoms. The molecule has 1 N–H and O–H groups in total. The van der Waals surface area contributed by atoms with Crippen LogP contribution in [0.4, 0.5) is 10.2 Å². The number of rotatable bonds is 3. The summed E-state index contributed by atoms with van der Waals surface area (Å²) in [6.07, 6.45) is 3.98. The van der Waals surface area contributed by atoms with Gasteiger partial charge in [0.05, 0.1) is 0 Å². The van der Waals surface area contributed by atoms with Crippen molar-refractivity contribution in [3.8, 4) is 0 Å². The topological polar surface area (TPSA) is 28.2 Å². The molecule has 1 saturated heterocycles. The molecular formula is C11H15BrFN3. The van der Waals surface area contributed by atoms with Gasteiger partial charge in [-0.2, -0.15) is 0 Å². The van der Waals surface area contributed by atoms with Gasteiger partial charge in [-0.3, -0.25) is 0 Å². The first kappa shape index (κ1) is 11.8. The average Bonchev–Trinajstić information content (AvgIpc) is 2.70.